The zero-order valence-corrected chi connectivity index (χ0v) is 11.8. The van der Waals surface area contributed by atoms with Crippen molar-refractivity contribution in [2.45, 2.75) is 40.7 Å². The minimum absolute atomic E-state index is 0.264. The molecule has 3 nitrogen and oxygen atoms in total. The maximum Gasteiger partial charge on any atom is 0.338 e. The van der Waals surface area contributed by atoms with Gasteiger partial charge in [-0.05, 0) is 57.9 Å². The molecule has 1 aromatic carbocycles. The zero-order chi connectivity index (χ0) is 13.7. The predicted octanol–water partition coefficient (Wildman–Crippen LogP) is 3.39. The molecule has 0 amide bonds. The maximum absolute atomic E-state index is 11.7. The SMILES string of the molecule is CCOC(=O)c1ccc(C(C)=NC(C)C)cc1C. The fourth-order valence-corrected chi connectivity index (χ4v) is 1.79. The van der Waals surface area contributed by atoms with Crippen LogP contribution in [-0.2, 0) is 4.74 Å². The Labute approximate surface area is 109 Å². The highest BCUT2D eigenvalue weighted by Crippen LogP contribution is 2.14. The molecule has 0 spiro atoms. The van der Waals surface area contributed by atoms with Crippen LogP contribution >= 0.6 is 0 Å². The average molecular weight is 247 g/mol. The van der Waals surface area contributed by atoms with Crippen LogP contribution in [0.1, 0.15) is 49.2 Å². The van der Waals surface area contributed by atoms with E-state index < -0.39 is 0 Å². The fourth-order valence-electron chi connectivity index (χ4n) is 1.79. The van der Waals surface area contributed by atoms with Crippen molar-refractivity contribution in [3.8, 4) is 0 Å². The first-order valence-electron chi connectivity index (χ1n) is 6.28. The summed E-state index contributed by atoms with van der Waals surface area (Å²) in [6.07, 6.45) is 0. The third-order valence-electron chi connectivity index (χ3n) is 2.59. The minimum atomic E-state index is -0.264. The van der Waals surface area contributed by atoms with Crippen LogP contribution in [0.5, 0.6) is 0 Å². The molecule has 0 saturated carbocycles. The molecule has 98 valence electrons. The molecule has 0 aliphatic heterocycles. The number of aryl methyl sites for hydroxylation is 1. The van der Waals surface area contributed by atoms with Gasteiger partial charge in [0.25, 0.3) is 0 Å². The molecule has 0 aromatic heterocycles. The number of rotatable bonds is 4. The number of hydrogen-bond donors (Lipinski definition) is 0. The average Bonchev–Trinajstić information content (AvgIpc) is 2.28. The van der Waals surface area contributed by atoms with E-state index in [0.29, 0.717) is 12.2 Å². The van der Waals surface area contributed by atoms with Gasteiger partial charge < -0.3 is 4.74 Å². The number of aliphatic imine (C=N–C) groups is 1. The van der Waals surface area contributed by atoms with E-state index in [1.165, 1.54) is 0 Å². The van der Waals surface area contributed by atoms with Crippen molar-refractivity contribution in [2.24, 2.45) is 4.99 Å². The molecule has 0 radical (unpaired) electrons. The quantitative estimate of drug-likeness (QED) is 0.604. The van der Waals surface area contributed by atoms with Gasteiger partial charge in [0.2, 0.25) is 0 Å². The number of carbonyl (C=O) groups excluding carboxylic acids is 1. The highest BCUT2D eigenvalue weighted by Gasteiger charge is 2.10. The van der Waals surface area contributed by atoms with Gasteiger partial charge in [-0.15, -0.1) is 0 Å². The molecule has 0 bridgehead atoms. The summed E-state index contributed by atoms with van der Waals surface area (Å²) in [7, 11) is 0. The first-order valence-corrected chi connectivity index (χ1v) is 6.28. The van der Waals surface area contributed by atoms with Crippen LogP contribution < -0.4 is 0 Å². The number of hydrogen-bond acceptors (Lipinski definition) is 3. The fraction of sp³-hybridized carbons (Fsp3) is 0.467. The molecule has 1 aromatic rings. The van der Waals surface area contributed by atoms with E-state index in [1.54, 1.807) is 6.92 Å². The smallest absolute Gasteiger partial charge is 0.338 e. The van der Waals surface area contributed by atoms with Crippen LogP contribution in [0, 0.1) is 6.92 Å². The van der Waals surface area contributed by atoms with Crippen molar-refractivity contribution in [1.29, 1.82) is 0 Å². The first kappa shape index (κ1) is 14.4. The lowest BCUT2D eigenvalue weighted by molar-refractivity contribution is 0.0525. The van der Waals surface area contributed by atoms with Crippen molar-refractivity contribution in [3.63, 3.8) is 0 Å². The summed E-state index contributed by atoms with van der Waals surface area (Å²) in [6, 6.07) is 5.98. The lowest BCUT2D eigenvalue weighted by Gasteiger charge is -2.08. The van der Waals surface area contributed by atoms with Crippen molar-refractivity contribution in [3.05, 3.63) is 34.9 Å². The van der Waals surface area contributed by atoms with Gasteiger partial charge in [0.15, 0.2) is 0 Å². The van der Waals surface area contributed by atoms with E-state index in [9.17, 15) is 4.79 Å². The van der Waals surface area contributed by atoms with Gasteiger partial charge in [0, 0.05) is 11.8 Å². The van der Waals surface area contributed by atoms with Gasteiger partial charge in [-0.3, -0.25) is 4.99 Å². The molecule has 0 saturated heterocycles. The van der Waals surface area contributed by atoms with Crippen LogP contribution in [0.15, 0.2) is 23.2 Å². The molecule has 1 rings (SSSR count). The maximum atomic E-state index is 11.7. The second kappa shape index (κ2) is 6.34. The summed E-state index contributed by atoms with van der Waals surface area (Å²) in [6.45, 7) is 10.2. The van der Waals surface area contributed by atoms with Gasteiger partial charge >= 0.3 is 5.97 Å². The summed E-state index contributed by atoms with van der Waals surface area (Å²) in [5, 5.41) is 0. The summed E-state index contributed by atoms with van der Waals surface area (Å²) in [4.78, 5) is 16.2. The van der Waals surface area contributed by atoms with Gasteiger partial charge in [-0.2, -0.15) is 0 Å². The summed E-state index contributed by atoms with van der Waals surface area (Å²) >= 11 is 0. The Morgan fingerprint density at radius 1 is 1.39 bits per heavy atom. The number of ether oxygens (including phenoxy) is 1. The largest absolute Gasteiger partial charge is 0.462 e. The Morgan fingerprint density at radius 3 is 2.56 bits per heavy atom. The van der Waals surface area contributed by atoms with Gasteiger partial charge in [0.05, 0.1) is 12.2 Å². The highest BCUT2D eigenvalue weighted by atomic mass is 16.5. The van der Waals surface area contributed by atoms with Crippen molar-refractivity contribution < 1.29 is 9.53 Å². The summed E-state index contributed by atoms with van der Waals surface area (Å²) < 4.78 is 5.00. The molecule has 18 heavy (non-hydrogen) atoms. The van der Waals surface area contributed by atoms with E-state index in [-0.39, 0.29) is 12.0 Å². The van der Waals surface area contributed by atoms with Crippen molar-refractivity contribution in [1.82, 2.24) is 0 Å². The molecular weight excluding hydrogens is 226 g/mol. The Hall–Kier alpha value is -1.64. The Morgan fingerprint density at radius 2 is 2.06 bits per heavy atom. The van der Waals surface area contributed by atoms with Crippen LogP contribution in [-0.4, -0.2) is 24.3 Å². The summed E-state index contributed by atoms with van der Waals surface area (Å²) in [5.41, 5.74) is 3.58. The Balaban J connectivity index is 3.03. The standard InChI is InChI=1S/C15H21NO2/c1-6-18-15(17)14-8-7-13(9-11(14)4)12(5)16-10(2)3/h7-10H,6H2,1-5H3. The number of carbonyl (C=O) groups is 1. The number of esters is 1. The molecule has 0 atom stereocenters. The molecule has 0 aliphatic carbocycles. The molecular formula is C15H21NO2. The zero-order valence-electron chi connectivity index (χ0n) is 11.8. The third kappa shape index (κ3) is 3.69. The first-order chi connectivity index (χ1) is 8.45. The lowest BCUT2D eigenvalue weighted by Crippen LogP contribution is -2.08. The molecule has 0 N–H and O–H groups in total. The van der Waals surface area contributed by atoms with Gasteiger partial charge in [-0.1, -0.05) is 6.07 Å². The Kier molecular flexibility index (Phi) is 5.08. The van der Waals surface area contributed by atoms with Crippen LogP contribution in [0.4, 0.5) is 0 Å². The van der Waals surface area contributed by atoms with Crippen LogP contribution in [0.25, 0.3) is 0 Å². The monoisotopic (exact) mass is 247 g/mol. The molecule has 0 heterocycles. The molecule has 0 fully saturated rings. The molecule has 0 unspecified atom stereocenters. The van der Waals surface area contributed by atoms with E-state index in [1.807, 2.05) is 45.9 Å². The topological polar surface area (TPSA) is 38.7 Å². The van der Waals surface area contributed by atoms with Crippen LogP contribution in [0.2, 0.25) is 0 Å². The van der Waals surface area contributed by atoms with E-state index in [0.717, 1.165) is 16.8 Å². The van der Waals surface area contributed by atoms with Crippen LogP contribution in [0.3, 0.4) is 0 Å². The lowest BCUT2D eigenvalue weighted by atomic mass is 10.0. The number of benzene rings is 1. The van der Waals surface area contributed by atoms with E-state index >= 15 is 0 Å². The molecule has 0 aliphatic rings. The molecule has 3 heteroatoms. The van der Waals surface area contributed by atoms with E-state index in [4.69, 9.17) is 4.74 Å². The second-order valence-corrected chi connectivity index (χ2v) is 4.56. The second-order valence-electron chi connectivity index (χ2n) is 4.56. The Bertz CT molecular complexity index is 462. The van der Waals surface area contributed by atoms with Gasteiger partial charge in [0.1, 0.15) is 0 Å². The normalized spacial score (nSPS) is 11.8. The number of nitrogens with zero attached hydrogens (tertiary/aromatic N) is 1. The van der Waals surface area contributed by atoms with E-state index in [2.05, 4.69) is 4.99 Å². The van der Waals surface area contributed by atoms with Crippen molar-refractivity contribution >= 4 is 11.7 Å². The summed E-state index contributed by atoms with van der Waals surface area (Å²) in [5.74, 6) is -0.264. The highest BCUT2D eigenvalue weighted by molar-refractivity contribution is 6.00. The van der Waals surface area contributed by atoms with Crippen molar-refractivity contribution in [2.75, 3.05) is 6.61 Å². The van der Waals surface area contributed by atoms with Gasteiger partial charge in [-0.25, -0.2) is 4.79 Å². The minimum Gasteiger partial charge on any atom is -0.462 e. The predicted molar refractivity (Wildman–Crippen MR) is 74.5 cm³/mol. The third-order valence-corrected chi connectivity index (χ3v) is 2.59.